The molecule has 0 aliphatic heterocycles. The van der Waals surface area contributed by atoms with Gasteiger partial charge in [-0.25, -0.2) is 4.39 Å². The number of hydrogen-bond acceptors (Lipinski definition) is 4. The van der Waals surface area contributed by atoms with E-state index in [0.717, 1.165) is 18.4 Å². The number of nitrogens with zero attached hydrogens (tertiary/aromatic N) is 3. The lowest BCUT2D eigenvalue weighted by Gasteiger charge is -2.11. The summed E-state index contributed by atoms with van der Waals surface area (Å²) >= 11 is 1.43. The zero-order chi connectivity index (χ0) is 18.8. The maximum atomic E-state index is 14.2. The van der Waals surface area contributed by atoms with Crippen LogP contribution in [-0.2, 0) is 5.75 Å². The topological polar surface area (TPSA) is 59.8 Å². The summed E-state index contributed by atoms with van der Waals surface area (Å²) in [5, 5.41) is 11.9. The Kier molecular flexibility index (Phi) is 4.94. The number of aromatic nitrogens is 3. The van der Waals surface area contributed by atoms with E-state index in [2.05, 4.69) is 15.5 Å². The van der Waals surface area contributed by atoms with Crippen LogP contribution in [0.15, 0.2) is 53.7 Å². The number of hydrogen-bond donors (Lipinski definition) is 1. The molecule has 1 aliphatic rings. The van der Waals surface area contributed by atoms with Crippen LogP contribution in [-0.4, -0.2) is 26.7 Å². The van der Waals surface area contributed by atoms with Gasteiger partial charge in [0.15, 0.2) is 5.16 Å². The predicted octanol–water partition coefficient (Wildman–Crippen LogP) is 3.90. The Morgan fingerprint density at radius 3 is 2.70 bits per heavy atom. The number of rotatable bonds is 6. The minimum atomic E-state index is -0.327. The van der Waals surface area contributed by atoms with Gasteiger partial charge in [0, 0.05) is 17.4 Å². The Hall–Kier alpha value is -2.67. The average Bonchev–Trinajstić information content (AvgIpc) is 3.41. The monoisotopic (exact) mass is 382 g/mol. The first-order valence-electron chi connectivity index (χ1n) is 8.82. The third-order valence-corrected chi connectivity index (χ3v) is 5.40. The lowest BCUT2D eigenvalue weighted by molar-refractivity contribution is 0.0950. The van der Waals surface area contributed by atoms with Crippen molar-refractivity contribution in [3.8, 4) is 5.69 Å². The molecule has 0 unspecified atom stereocenters. The van der Waals surface area contributed by atoms with Gasteiger partial charge in [-0.2, -0.15) is 0 Å². The quantitative estimate of drug-likeness (QED) is 0.657. The average molecular weight is 382 g/mol. The van der Waals surface area contributed by atoms with Crippen molar-refractivity contribution < 1.29 is 9.18 Å². The summed E-state index contributed by atoms with van der Waals surface area (Å²) in [5.41, 5.74) is 2.01. The summed E-state index contributed by atoms with van der Waals surface area (Å²) in [4.78, 5) is 12.5. The minimum absolute atomic E-state index is 0.0412. The number of para-hydroxylation sites is 1. The molecule has 5 nitrogen and oxygen atoms in total. The highest BCUT2D eigenvalue weighted by Crippen LogP contribution is 2.28. The van der Waals surface area contributed by atoms with Crippen molar-refractivity contribution in [2.75, 3.05) is 0 Å². The second-order valence-electron chi connectivity index (χ2n) is 6.51. The van der Waals surface area contributed by atoms with Gasteiger partial charge in [0.2, 0.25) is 0 Å². The largest absolute Gasteiger partial charge is 0.349 e. The molecule has 27 heavy (non-hydrogen) atoms. The first-order chi connectivity index (χ1) is 13.1. The first kappa shape index (κ1) is 17.7. The van der Waals surface area contributed by atoms with Crippen molar-refractivity contribution in [1.29, 1.82) is 0 Å². The van der Waals surface area contributed by atoms with Gasteiger partial charge in [0.1, 0.15) is 11.6 Å². The summed E-state index contributed by atoms with van der Waals surface area (Å²) in [6, 6.07) is 14.4. The highest BCUT2D eigenvalue weighted by atomic mass is 32.2. The van der Waals surface area contributed by atoms with E-state index in [0.29, 0.717) is 34.0 Å². The smallest absolute Gasteiger partial charge is 0.251 e. The van der Waals surface area contributed by atoms with Crippen molar-refractivity contribution >= 4 is 17.7 Å². The number of nitrogens with one attached hydrogen (secondary N) is 1. The van der Waals surface area contributed by atoms with E-state index in [-0.39, 0.29) is 11.7 Å². The van der Waals surface area contributed by atoms with E-state index in [1.165, 1.54) is 17.8 Å². The molecule has 1 amide bonds. The van der Waals surface area contributed by atoms with E-state index in [1.54, 1.807) is 29.7 Å². The van der Waals surface area contributed by atoms with Gasteiger partial charge in [0.25, 0.3) is 5.91 Å². The SMILES string of the molecule is Cc1nnc(SCc2ccccc2C(=O)NC2CC2)n1-c1ccccc1F. The van der Waals surface area contributed by atoms with E-state index >= 15 is 0 Å². The van der Waals surface area contributed by atoms with E-state index in [1.807, 2.05) is 24.3 Å². The molecule has 4 rings (SSSR count). The lowest BCUT2D eigenvalue weighted by Crippen LogP contribution is -2.26. The molecule has 0 radical (unpaired) electrons. The van der Waals surface area contributed by atoms with Crippen LogP contribution in [0, 0.1) is 12.7 Å². The fraction of sp³-hybridized carbons (Fsp3) is 0.250. The van der Waals surface area contributed by atoms with Crippen molar-refractivity contribution in [2.45, 2.75) is 36.7 Å². The van der Waals surface area contributed by atoms with Crippen LogP contribution in [0.1, 0.15) is 34.6 Å². The van der Waals surface area contributed by atoms with Crippen LogP contribution < -0.4 is 5.32 Å². The summed E-state index contributed by atoms with van der Waals surface area (Å²) in [6.45, 7) is 1.79. The molecule has 3 aromatic rings. The standard InChI is InChI=1S/C20H19FN4OS/c1-13-23-24-20(25(13)18-9-5-4-8-17(18)21)27-12-14-6-2-3-7-16(14)19(26)22-15-10-11-15/h2-9,15H,10-12H2,1H3,(H,22,26). The number of benzene rings is 2. The molecule has 0 bridgehead atoms. The molecular weight excluding hydrogens is 363 g/mol. The van der Waals surface area contributed by atoms with Crippen LogP contribution in [0.4, 0.5) is 4.39 Å². The van der Waals surface area contributed by atoms with Gasteiger partial charge in [-0.3, -0.25) is 9.36 Å². The third kappa shape index (κ3) is 3.88. The maximum absolute atomic E-state index is 14.2. The number of aryl methyl sites for hydroxylation is 1. The highest BCUT2D eigenvalue weighted by molar-refractivity contribution is 7.98. The zero-order valence-corrected chi connectivity index (χ0v) is 15.7. The fourth-order valence-corrected chi connectivity index (χ4v) is 3.84. The Morgan fingerprint density at radius 2 is 1.93 bits per heavy atom. The summed E-state index contributed by atoms with van der Waals surface area (Å²) in [6.07, 6.45) is 2.10. The molecule has 7 heteroatoms. The van der Waals surface area contributed by atoms with Crippen molar-refractivity contribution in [3.63, 3.8) is 0 Å². The number of carbonyl (C=O) groups excluding carboxylic acids is 1. The summed E-state index contributed by atoms with van der Waals surface area (Å²) < 4.78 is 15.9. The Morgan fingerprint density at radius 1 is 1.19 bits per heavy atom. The molecule has 1 saturated carbocycles. The predicted molar refractivity (Wildman–Crippen MR) is 103 cm³/mol. The van der Waals surface area contributed by atoms with E-state index in [9.17, 15) is 9.18 Å². The van der Waals surface area contributed by atoms with Crippen LogP contribution in [0.2, 0.25) is 0 Å². The fourth-order valence-electron chi connectivity index (χ4n) is 2.85. The van der Waals surface area contributed by atoms with Crippen LogP contribution in [0.5, 0.6) is 0 Å². The summed E-state index contributed by atoms with van der Waals surface area (Å²) in [7, 11) is 0. The van der Waals surface area contributed by atoms with Crippen molar-refractivity contribution in [3.05, 3.63) is 71.3 Å². The lowest BCUT2D eigenvalue weighted by atomic mass is 10.1. The Labute approximate surface area is 161 Å². The molecule has 0 atom stereocenters. The van der Waals surface area contributed by atoms with Gasteiger partial charge in [-0.15, -0.1) is 10.2 Å². The maximum Gasteiger partial charge on any atom is 0.251 e. The van der Waals surface area contributed by atoms with Crippen LogP contribution >= 0.6 is 11.8 Å². The van der Waals surface area contributed by atoms with Gasteiger partial charge in [-0.05, 0) is 43.5 Å². The van der Waals surface area contributed by atoms with E-state index in [4.69, 9.17) is 0 Å². The second kappa shape index (κ2) is 7.52. The van der Waals surface area contributed by atoms with Gasteiger partial charge in [-0.1, -0.05) is 42.1 Å². The number of thioether (sulfide) groups is 1. The molecule has 1 N–H and O–H groups in total. The Bertz CT molecular complexity index is 984. The third-order valence-electron chi connectivity index (χ3n) is 4.42. The molecule has 1 aliphatic carbocycles. The van der Waals surface area contributed by atoms with Gasteiger partial charge >= 0.3 is 0 Å². The minimum Gasteiger partial charge on any atom is -0.349 e. The van der Waals surface area contributed by atoms with Crippen molar-refractivity contribution in [2.24, 2.45) is 0 Å². The van der Waals surface area contributed by atoms with E-state index < -0.39 is 0 Å². The molecular formula is C20H19FN4OS. The molecule has 1 aromatic heterocycles. The summed E-state index contributed by atoms with van der Waals surface area (Å²) in [5.74, 6) is 0.787. The van der Waals surface area contributed by atoms with Gasteiger partial charge in [0.05, 0.1) is 5.69 Å². The van der Waals surface area contributed by atoms with Crippen LogP contribution in [0.3, 0.4) is 0 Å². The molecule has 138 valence electrons. The van der Waals surface area contributed by atoms with Crippen molar-refractivity contribution in [1.82, 2.24) is 20.1 Å². The molecule has 0 saturated heterocycles. The molecule has 0 spiro atoms. The zero-order valence-electron chi connectivity index (χ0n) is 14.9. The molecule has 1 fully saturated rings. The second-order valence-corrected chi connectivity index (χ2v) is 7.45. The Balaban J connectivity index is 1.57. The number of amides is 1. The first-order valence-corrected chi connectivity index (χ1v) is 9.80. The van der Waals surface area contributed by atoms with Crippen LogP contribution in [0.25, 0.3) is 5.69 Å². The molecule has 2 aromatic carbocycles. The highest BCUT2D eigenvalue weighted by Gasteiger charge is 2.25. The number of carbonyl (C=O) groups is 1. The normalized spacial score (nSPS) is 13.6. The molecule has 1 heterocycles. The number of halogens is 1. The van der Waals surface area contributed by atoms with Gasteiger partial charge < -0.3 is 5.32 Å².